The molecular weight excluding hydrogens is 330 g/mol. The molecule has 0 unspecified atom stereocenters. The van der Waals surface area contributed by atoms with Gasteiger partial charge in [0.1, 0.15) is 5.69 Å². The summed E-state index contributed by atoms with van der Waals surface area (Å²) in [5.74, 6) is 0.201. The van der Waals surface area contributed by atoms with Crippen molar-refractivity contribution in [2.24, 2.45) is 13.0 Å². The van der Waals surface area contributed by atoms with E-state index in [1.165, 1.54) is 0 Å². The summed E-state index contributed by atoms with van der Waals surface area (Å²) in [6.45, 7) is 4.56. The molecule has 1 aliphatic rings. The van der Waals surface area contributed by atoms with Crippen LogP contribution in [-0.2, 0) is 11.8 Å². The zero-order chi connectivity index (χ0) is 18.8. The summed E-state index contributed by atoms with van der Waals surface area (Å²) in [6, 6.07) is 5.61. The molecule has 138 valence electrons. The standard InChI is InChI=1S/C19H25N5O2/c1-12(2)16-10-15(22-24(16)4)19(26)21-11-14-9-17(25)23(3)18(14)13-5-7-20-8-6-13/h5-8,10,12,14,18H,9,11H2,1-4H3,(H,21,26)/t14-,18-/m0/s1. The van der Waals surface area contributed by atoms with E-state index in [4.69, 9.17) is 0 Å². The fourth-order valence-electron chi connectivity index (χ4n) is 3.64. The number of pyridine rings is 1. The summed E-state index contributed by atoms with van der Waals surface area (Å²) in [5.41, 5.74) is 2.46. The first kappa shape index (κ1) is 18.1. The van der Waals surface area contributed by atoms with Crippen LogP contribution in [0.1, 0.15) is 54.0 Å². The van der Waals surface area contributed by atoms with Gasteiger partial charge in [0.05, 0.1) is 6.04 Å². The third-order valence-electron chi connectivity index (χ3n) is 5.01. The number of likely N-dealkylation sites (tertiary alicyclic amines) is 1. The molecule has 3 rings (SSSR count). The minimum absolute atomic E-state index is 0.0205. The molecule has 26 heavy (non-hydrogen) atoms. The zero-order valence-corrected chi connectivity index (χ0v) is 15.6. The van der Waals surface area contributed by atoms with Gasteiger partial charge in [-0.2, -0.15) is 5.10 Å². The SMILES string of the molecule is CC(C)c1cc(C(=O)NC[C@@H]2CC(=O)N(C)[C@H]2c2ccncc2)nn1C. The van der Waals surface area contributed by atoms with Gasteiger partial charge in [-0.15, -0.1) is 0 Å². The van der Waals surface area contributed by atoms with Crippen molar-refractivity contribution < 1.29 is 9.59 Å². The van der Waals surface area contributed by atoms with E-state index in [-0.39, 0.29) is 23.8 Å². The van der Waals surface area contributed by atoms with Crippen LogP contribution in [0.5, 0.6) is 0 Å². The molecule has 0 aliphatic carbocycles. The Morgan fingerprint density at radius 1 is 1.31 bits per heavy atom. The number of carbonyl (C=O) groups excluding carboxylic acids is 2. The molecule has 2 atom stereocenters. The maximum Gasteiger partial charge on any atom is 0.271 e. The normalized spacial score (nSPS) is 20.0. The number of aromatic nitrogens is 3. The van der Waals surface area contributed by atoms with E-state index < -0.39 is 0 Å². The highest BCUT2D eigenvalue weighted by atomic mass is 16.2. The van der Waals surface area contributed by atoms with Crippen molar-refractivity contribution in [2.75, 3.05) is 13.6 Å². The van der Waals surface area contributed by atoms with Crippen molar-refractivity contribution >= 4 is 11.8 Å². The summed E-state index contributed by atoms with van der Waals surface area (Å²) in [7, 11) is 3.65. The van der Waals surface area contributed by atoms with Gasteiger partial charge in [0, 0.05) is 51.1 Å². The average Bonchev–Trinajstić information content (AvgIpc) is 3.14. The molecule has 1 saturated heterocycles. The molecule has 7 nitrogen and oxygen atoms in total. The molecule has 1 aliphatic heterocycles. The van der Waals surface area contributed by atoms with Gasteiger partial charge in [0.2, 0.25) is 5.91 Å². The number of hydrogen-bond acceptors (Lipinski definition) is 4. The van der Waals surface area contributed by atoms with Crippen LogP contribution in [0.3, 0.4) is 0 Å². The van der Waals surface area contributed by atoms with Crippen molar-refractivity contribution in [1.82, 2.24) is 25.0 Å². The van der Waals surface area contributed by atoms with Crippen molar-refractivity contribution in [3.63, 3.8) is 0 Å². The lowest BCUT2D eigenvalue weighted by Gasteiger charge is -2.25. The lowest BCUT2D eigenvalue weighted by atomic mass is 9.94. The molecule has 2 amide bonds. The van der Waals surface area contributed by atoms with Crippen LogP contribution in [0.2, 0.25) is 0 Å². The maximum atomic E-state index is 12.5. The zero-order valence-electron chi connectivity index (χ0n) is 15.6. The molecular formula is C19H25N5O2. The van der Waals surface area contributed by atoms with Gasteiger partial charge in [-0.25, -0.2) is 0 Å². The first-order chi connectivity index (χ1) is 12.4. The predicted octanol–water partition coefficient (Wildman–Crippen LogP) is 1.89. The smallest absolute Gasteiger partial charge is 0.271 e. The minimum atomic E-state index is -0.206. The quantitative estimate of drug-likeness (QED) is 0.888. The van der Waals surface area contributed by atoms with Crippen LogP contribution < -0.4 is 5.32 Å². The number of rotatable bonds is 5. The van der Waals surface area contributed by atoms with Gasteiger partial charge in [-0.3, -0.25) is 19.3 Å². The predicted molar refractivity (Wildman–Crippen MR) is 97.5 cm³/mol. The summed E-state index contributed by atoms with van der Waals surface area (Å²) in [5, 5.41) is 7.26. The summed E-state index contributed by atoms with van der Waals surface area (Å²) in [6.07, 6.45) is 3.87. The Labute approximate surface area is 153 Å². The Hall–Kier alpha value is -2.70. The van der Waals surface area contributed by atoms with Gasteiger partial charge < -0.3 is 10.2 Å². The average molecular weight is 355 g/mol. The Balaban J connectivity index is 1.71. The Morgan fingerprint density at radius 2 is 2.00 bits per heavy atom. The van der Waals surface area contributed by atoms with Gasteiger partial charge in [-0.1, -0.05) is 13.8 Å². The van der Waals surface area contributed by atoms with E-state index >= 15 is 0 Å². The summed E-state index contributed by atoms with van der Waals surface area (Å²) in [4.78, 5) is 30.5. The van der Waals surface area contributed by atoms with E-state index in [0.717, 1.165) is 11.3 Å². The number of nitrogens with zero attached hydrogens (tertiary/aromatic N) is 4. The van der Waals surface area contributed by atoms with E-state index in [1.54, 1.807) is 22.0 Å². The highest BCUT2D eigenvalue weighted by Crippen LogP contribution is 2.36. The van der Waals surface area contributed by atoms with Crippen LogP contribution in [-0.4, -0.2) is 45.1 Å². The molecule has 0 spiro atoms. The molecule has 0 aromatic carbocycles. The highest BCUT2D eigenvalue weighted by Gasteiger charge is 2.38. The van der Waals surface area contributed by atoms with E-state index in [0.29, 0.717) is 24.6 Å². The number of amides is 2. The lowest BCUT2D eigenvalue weighted by Crippen LogP contribution is -2.32. The van der Waals surface area contributed by atoms with Gasteiger partial charge in [0.15, 0.2) is 0 Å². The Morgan fingerprint density at radius 3 is 2.62 bits per heavy atom. The largest absolute Gasteiger partial charge is 0.350 e. The van der Waals surface area contributed by atoms with Crippen molar-refractivity contribution in [3.05, 3.63) is 47.5 Å². The number of carbonyl (C=O) groups is 2. The molecule has 2 aromatic rings. The second-order valence-electron chi connectivity index (χ2n) is 7.14. The molecule has 7 heteroatoms. The second kappa shape index (κ2) is 7.27. The first-order valence-corrected chi connectivity index (χ1v) is 8.86. The molecule has 1 N–H and O–H groups in total. The van der Waals surface area contributed by atoms with Gasteiger partial charge >= 0.3 is 0 Å². The van der Waals surface area contributed by atoms with E-state index in [2.05, 4.69) is 29.2 Å². The monoisotopic (exact) mass is 355 g/mol. The van der Waals surface area contributed by atoms with Crippen LogP contribution >= 0.6 is 0 Å². The van der Waals surface area contributed by atoms with Crippen LogP contribution in [0.25, 0.3) is 0 Å². The first-order valence-electron chi connectivity index (χ1n) is 8.86. The topological polar surface area (TPSA) is 80.1 Å². The van der Waals surface area contributed by atoms with Crippen molar-refractivity contribution in [2.45, 2.75) is 32.2 Å². The molecule has 2 aromatic heterocycles. The molecule has 0 saturated carbocycles. The maximum absolute atomic E-state index is 12.5. The van der Waals surface area contributed by atoms with Crippen molar-refractivity contribution in [3.8, 4) is 0 Å². The highest BCUT2D eigenvalue weighted by molar-refractivity contribution is 5.92. The van der Waals surface area contributed by atoms with E-state index in [1.807, 2.05) is 32.3 Å². The fraction of sp³-hybridized carbons (Fsp3) is 0.474. The summed E-state index contributed by atoms with van der Waals surface area (Å²) < 4.78 is 1.74. The third-order valence-corrected chi connectivity index (χ3v) is 5.01. The lowest BCUT2D eigenvalue weighted by molar-refractivity contribution is -0.127. The van der Waals surface area contributed by atoms with Gasteiger partial charge in [-0.05, 0) is 29.7 Å². The molecule has 3 heterocycles. The second-order valence-corrected chi connectivity index (χ2v) is 7.14. The third kappa shape index (κ3) is 3.47. The van der Waals surface area contributed by atoms with E-state index in [9.17, 15) is 9.59 Å². The van der Waals surface area contributed by atoms with Crippen LogP contribution in [0.15, 0.2) is 30.6 Å². The fourth-order valence-corrected chi connectivity index (χ4v) is 3.64. The Kier molecular flexibility index (Phi) is 5.06. The number of nitrogens with one attached hydrogen (secondary N) is 1. The molecule has 0 bridgehead atoms. The molecule has 1 fully saturated rings. The van der Waals surface area contributed by atoms with Gasteiger partial charge in [0.25, 0.3) is 5.91 Å². The number of hydrogen-bond donors (Lipinski definition) is 1. The van der Waals surface area contributed by atoms with Crippen molar-refractivity contribution in [1.29, 1.82) is 0 Å². The Bertz CT molecular complexity index is 800. The van der Waals surface area contributed by atoms with Crippen LogP contribution in [0.4, 0.5) is 0 Å². The van der Waals surface area contributed by atoms with Crippen LogP contribution in [0, 0.1) is 5.92 Å². The summed E-state index contributed by atoms with van der Waals surface area (Å²) >= 11 is 0. The number of aryl methyl sites for hydroxylation is 1. The molecule has 0 radical (unpaired) electrons. The minimum Gasteiger partial charge on any atom is -0.350 e.